The molecular weight excluding hydrogens is 422 g/mol. The van der Waals surface area contributed by atoms with Crippen molar-refractivity contribution in [1.82, 2.24) is 24.9 Å². The maximum absolute atomic E-state index is 12.7. The van der Waals surface area contributed by atoms with Crippen LogP contribution in [0.4, 0.5) is 0 Å². The van der Waals surface area contributed by atoms with E-state index >= 15 is 0 Å². The van der Waals surface area contributed by atoms with Crippen LogP contribution in [0, 0.1) is 0 Å². The molecule has 2 heterocycles. The minimum atomic E-state index is -0.732. The van der Waals surface area contributed by atoms with Gasteiger partial charge in [-0.25, -0.2) is 14.5 Å². The number of rotatable bonds is 8. The Balaban J connectivity index is 1.46. The minimum Gasteiger partial charge on any atom is -0.497 e. The monoisotopic (exact) mass is 447 g/mol. The number of nitrogens with zero attached hydrogens (tertiary/aromatic N) is 4. The van der Waals surface area contributed by atoms with Crippen molar-refractivity contribution in [2.24, 2.45) is 0 Å². The molecule has 1 N–H and O–H groups in total. The summed E-state index contributed by atoms with van der Waals surface area (Å²) in [6, 6.07) is 16.2. The van der Waals surface area contributed by atoms with Crippen molar-refractivity contribution in [3.05, 3.63) is 66.7 Å². The zero-order chi connectivity index (χ0) is 23.4. The fourth-order valence-corrected chi connectivity index (χ4v) is 3.27. The van der Waals surface area contributed by atoms with E-state index in [9.17, 15) is 4.79 Å². The van der Waals surface area contributed by atoms with E-state index in [1.807, 2.05) is 49.4 Å². The van der Waals surface area contributed by atoms with Gasteiger partial charge in [-0.05, 0) is 50.2 Å². The lowest BCUT2D eigenvalue weighted by Gasteiger charge is -2.18. The van der Waals surface area contributed by atoms with Crippen LogP contribution >= 0.6 is 0 Å². The topological polar surface area (TPSA) is 99.9 Å². The van der Waals surface area contributed by atoms with Crippen LogP contribution in [0.3, 0.4) is 0 Å². The first-order chi connectivity index (χ1) is 16.0. The summed E-state index contributed by atoms with van der Waals surface area (Å²) in [6.07, 6.45) is 0.872. The number of aromatic nitrogens is 4. The maximum Gasteiger partial charge on any atom is 0.261 e. The van der Waals surface area contributed by atoms with E-state index in [1.165, 1.54) is 0 Å². The van der Waals surface area contributed by atoms with Crippen molar-refractivity contribution in [2.75, 3.05) is 14.2 Å². The highest BCUT2D eigenvalue weighted by Gasteiger charge is 2.21. The van der Waals surface area contributed by atoms with Crippen molar-refractivity contribution >= 4 is 11.6 Å². The number of para-hydroxylation sites is 2. The van der Waals surface area contributed by atoms with Crippen molar-refractivity contribution in [1.29, 1.82) is 0 Å². The van der Waals surface area contributed by atoms with Crippen LogP contribution < -0.4 is 19.5 Å². The number of fused-ring (bicyclic) bond motifs is 1. The summed E-state index contributed by atoms with van der Waals surface area (Å²) in [5.74, 6) is 2.02. The van der Waals surface area contributed by atoms with Crippen molar-refractivity contribution in [3.63, 3.8) is 0 Å². The second-order valence-corrected chi connectivity index (χ2v) is 7.42. The van der Waals surface area contributed by atoms with Crippen molar-refractivity contribution in [3.8, 4) is 28.5 Å². The van der Waals surface area contributed by atoms with Crippen LogP contribution in [0.2, 0.25) is 0 Å². The summed E-state index contributed by atoms with van der Waals surface area (Å²) in [5, 5.41) is 7.34. The van der Waals surface area contributed by atoms with E-state index < -0.39 is 12.1 Å². The van der Waals surface area contributed by atoms with Gasteiger partial charge < -0.3 is 19.5 Å². The van der Waals surface area contributed by atoms with E-state index in [0.717, 1.165) is 17.0 Å². The number of hydrogen-bond acceptors (Lipinski definition) is 7. The van der Waals surface area contributed by atoms with Gasteiger partial charge in [0.05, 0.1) is 26.0 Å². The van der Waals surface area contributed by atoms with Crippen LogP contribution in [0.25, 0.3) is 16.9 Å². The first kappa shape index (κ1) is 22.1. The molecule has 9 nitrogen and oxygen atoms in total. The number of ether oxygens (including phenoxy) is 3. The minimum absolute atomic E-state index is 0.288. The molecule has 0 spiro atoms. The number of hydrogen-bond donors (Lipinski definition) is 1. The summed E-state index contributed by atoms with van der Waals surface area (Å²) in [7, 11) is 3.18. The first-order valence-corrected chi connectivity index (χ1v) is 10.4. The molecule has 0 bridgehead atoms. The van der Waals surface area contributed by atoms with Crippen LogP contribution in [-0.2, 0) is 4.79 Å². The number of amides is 1. The molecule has 4 aromatic rings. The first-order valence-electron chi connectivity index (χ1n) is 10.4. The standard InChI is InChI=1S/C24H25N5O4/c1-15(26-24(30)16(2)33-21-8-6-5-7-20(21)32-4)23-27-22-13-19(25-14-29(22)28-23)17-9-11-18(31-3)12-10-17/h5-16H,1-4H3,(H,26,30)/t15-,16?/m0/s1. The van der Waals surface area contributed by atoms with Crippen molar-refractivity contribution < 1.29 is 19.0 Å². The van der Waals surface area contributed by atoms with Gasteiger partial charge in [0.25, 0.3) is 5.91 Å². The number of nitrogens with one attached hydrogen (secondary N) is 1. The van der Waals surface area contributed by atoms with E-state index in [-0.39, 0.29) is 5.91 Å². The quantitative estimate of drug-likeness (QED) is 0.442. The highest BCUT2D eigenvalue weighted by molar-refractivity contribution is 5.81. The number of carbonyl (C=O) groups excluding carboxylic acids is 1. The molecule has 0 radical (unpaired) electrons. The van der Waals surface area contributed by atoms with Gasteiger partial charge in [-0.3, -0.25) is 4.79 Å². The van der Waals surface area contributed by atoms with Gasteiger partial charge in [-0.1, -0.05) is 12.1 Å². The van der Waals surface area contributed by atoms with E-state index in [4.69, 9.17) is 14.2 Å². The Kier molecular flexibility index (Phi) is 6.39. The van der Waals surface area contributed by atoms with E-state index in [1.54, 1.807) is 44.1 Å². The fraction of sp³-hybridized carbons (Fsp3) is 0.250. The average molecular weight is 447 g/mol. The normalized spacial score (nSPS) is 12.7. The van der Waals surface area contributed by atoms with Crippen LogP contribution in [-0.4, -0.2) is 45.8 Å². The van der Waals surface area contributed by atoms with Gasteiger partial charge in [0.2, 0.25) is 0 Å². The summed E-state index contributed by atoms with van der Waals surface area (Å²) in [4.78, 5) is 21.7. The Morgan fingerprint density at radius 3 is 2.42 bits per heavy atom. The van der Waals surface area contributed by atoms with Gasteiger partial charge >= 0.3 is 0 Å². The Labute approximate surface area is 191 Å². The smallest absolute Gasteiger partial charge is 0.261 e. The van der Waals surface area contributed by atoms with Gasteiger partial charge in [-0.15, -0.1) is 5.10 Å². The molecule has 33 heavy (non-hydrogen) atoms. The van der Waals surface area contributed by atoms with E-state index in [2.05, 4.69) is 20.4 Å². The summed E-state index contributed by atoms with van der Waals surface area (Å²) in [5.41, 5.74) is 2.33. The molecular formula is C24H25N5O4. The zero-order valence-corrected chi connectivity index (χ0v) is 18.9. The third kappa shape index (κ3) is 4.87. The molecule has 0 aliphatic heterocycles. The third-order valence-electron chi connectivity index (χ3n) is 5.12. The Bertz CT molecular complexity index is 1260. The number of carbonyl (C=O) groups is 1. The second-order valence-electron chi connectivity index (χ2n) is 7.42. The van der Waals surface area contributed by atoms with Gasteiger partial charge in [0.1, 0.15) is 12.1 Å². The molecule has 4 rings (SSSR count). The number of benzene rings is 2. The van der Waals surface area contributed by atoms with Crippen LogP contribution in [0.5, 0.6) is 17.2 Å². The lowest BCUT2D eigenvalue weighted by molar-refractivity contribution is -0.128. The summed E-state index contributed by atoms with van der Waals surface area (Å²) >= 11 is 0. The molecule has 1 amide bonds. The van der Waals surface area contributed by atoms with Crippen LogP contribution in [0.15, 0.2) is 60.9 Å². The predicted molar refractivity (Wildman–Crippen MR) is 122 cm³/mol. The molecule has 0 fully saturated rings. The summed E-state index contributed by atoms with van der Waals surface area (Å²) in [6.45, 7) is 3.50. The third-order valence-corrected chi connectivity index (χ3v) is 5.12. The zero-order valence-electron chi connectivity index (χ0n) is 18.9. The molecule has 9 heteroatoms. The molecule has 0 aliphatic rings. The van der Waals surface area contributed by atoms with Crippen LogP contribution in [0.1, 0.15) is 25.7 Å². The molecule has 0 aliphatic carbocycles. The Hall–Kier alpha value is -4.14. The van der Waals surface area contributed by atoms with Crippen molar-refractivity contribution in [2.45, 2.75) is 26.0 Å². The largest absolute Gasteiger partial charge is 0.497 e. The Morgan fingerprint density at radius 1 is 1.00 bits per heavy atom. The molecule has 1 unspecified atom stereocenters. The van der Waals surface area contributed by atoms with Gasteiger partial charge in [0.15, 0.2) is 29.1 Å². The molecule has 2 aromatic carbocycles. The highest BCUT2D eigenvalue weighted by Crippen LogP contribution is 2.27. The molecule has 170 valence electrons. The molecule has 0 saturated carbocycles. The lowest BCUT2D eigenvalue weighted by atomic mass is 10.1. The molecule has 2 atom stereocenters. The Morgan fingerprint density at radius 2 is 1.73 bits per heavy atom. The van der Waals surface area contributed by atoms with E-state index in [0.29, 0.717) is 23.0 Å². The second kappa shape index (κ2) is 9.56. The average Bonchev–Trinajstić information content (AvgIpc) is 3.28. The highest BCUT2D eigenvalue weighted by atomic mass is 16.5. The summed E-state index contributed by atoms with van der Waals surface area (Å²) < 4.78 is 17.8. The van der Waals surface area contributed by atoms with Gasteiger partial charge in [0, 0.05) is 11.6 Å². The SMILES string of the molecule is COc1ccc(-c2cc3nc([C@H](C)NC(=O)C(C)Oc4ccccc4OC)nn3cn2)cc1. The lowest BCUT2D eigenvalue weighted by Crippen LogP contribution is -2.38. The maximum atomic E-state index is 12.7. The molecule has 2 aromatic heterocycles. The number of methoxy groups -OCH3 is 2. The molecule has 0 saturated heterocycles. The fourth-order valence-electron chi connectivity index (χ4n) is 3.27. The van der Waals surface area contributed by atoms with Gasteiger partial charge in [-0.2, -0.15) is 0 Å². The predicted octanol–water partition coefficient (Wildman–Crippen LogP) is 3.45.